The molecule has 1 aromatic carbocycles. The highest BCUT2D eigenvalue weighted by Gasteiger charge is 2.13. The summed E-state index contributed by atoms with van der Waals surface area (Å²) in [6.07, 6.45) is 1.50. The first kappa shape index (κ1) is 17.0. The van der Waals surface area contributed by atoms with Crippen molar-refractivity contribution in [2.75, 3.05) is 6.54 Å². The number of carboxylic acids is 1. The minimum atomic E-state index is -0.804. The molecule has 5 nitrogen and oxygen atoms in total. The van der Waals surface area contributed by atoms with Crippen molar-refractivity contribution in [2.45, 2.75) is 39.2 Å². The Morgan fingerprint density at radius 1 is 1.24 bits per heavy atom. The molecule has 116 valence electrons. The average Bonchev–Trinajstić information content (AvgIpc) is 2.49. The van der Waals surface area contributed by atoms with E-state index in [2.05, 4.69) is 10.6 Å². The zero-order chi connectivity index (χ0) is 15.7. The summed E-state index contributed by atoms with van der Waals surface area (Å²) < 4.78 is 0. The average molecular weight is 292 g/mol. The van der Waals surface area contributed by atoms with Gasteiger partial charge >= 0.3 is 12.0 Å². The van der Waals surface area contributed by atoms with Gasteiger partial charge in [0.25, 0.3) is 0 Å². The third kappa shape index (κ3) is 6.79. The van der Waals surface area contributed by atoms with Gasteiger partial charge in [0.05, 0.1) is 6.04 Å². The van der Waals surface area contributed by atoms with E-state index in [1.807, 2.05) is 44.2 Å². The highest BCUT2D eigenvalue weighted by atomic mass is 16.4. The van der Waals surface area contributed by atoms with Gasteiger partial charge in [-0.15, -0.1) is 0 Å². The van der Waals surface area contributed by atoms with Crippen LogP contribution in [0.5, 0.6) is 0 Å². The van der Waals surface area contributed by atoms with Crippen molar-refractivity contribution in [3.63, 3.8) is 0 Å². The summed E-state index contributed by atoms with van der Waals surface area (Å²) in [5, 5.41) is 14.4. The van der Waals surface area contributed by atoms with E-state index >= 15 is 0 Å². The molecule has 0 aliphatic heterocycles. The number of urea groups is 1. The number of amides is 2. The monoisotopic (exact) mass is 292 g/mol. The van der Waals surface area contributed by atoms with Crippen LogP contribution in [0.1, 0.15) is 44.7 Å². The van der Waals surface area contributed by atoms with Crippen LogP contribution in [0.2, 0.25) is 0 Å². The Labute approximate surface area is 125 Å². The number of benzene rings is 1. The van der Waals surface area contributed by atoms with Crippen molar-refractivity contribution >= 4 is 12.0 Å². The maximum absolute atomic E-state index is 11.9. The molecule has 2 atom stereocenters. The van der Waals surface area contributed by atoms with Crippen LogP contribution < -0.4 is 10.6 Å². The van der Waals surface area contributed by atoms with Crippen LogP contribution in [0.25, 0.3) is 0 Å². The SMILES string of the molecule is CCC(NC(=O)NCC(C)CCC(=O)O)c1ccccc1. The first-order chi connectivity index (χ1) is 10.0. The molecule has 5 heteroatoms. The fraction of sp³-hybridized carbons (Fsp3) is 0.500. The predicted octanol–water partition coefficient (Wildman–Crippen LogP) is 2.94. The molecule has 0 saturated heterocycles. The Bertz CT molecular complexity index is 448. The van der Waals surface area contributed by atoms with E-state index in [1.54, 1.807) is 0 Å². The molecule has 1 rings (SSSR count). The van der Waals surface area contributed by atoms with E-state index in [0.29, 0.717) is 13.0 Å². The third-order valence-corrected chi connectivity index (χ3v) is 3.38. The van der Waals surface area contributed by atoms with Gasteiger partial charge in [0.15, 0.2) is 0 Å². The zero-order valence-corrected chi connectivity index (χ0v) is 12.6. The van der Waals surface area contributed by atoms with E-state index in [-0.39, 0.29) is 24.4 Å². The van der Waals surface area contributed by atoms with Gasteiger partial charge in [0.1, 0.15) is 0 Å². The van der Waals surface area contributed by atoms with Crippen LogP contribution in [0.4, 0.5) is 4.79 Å². The summed E-state index contributed by atoms with van der Waals surface area (Å²) >= 11 is 0. The lowest BCUT2D eigenvalue weighted by Gasteiger charge is -2.19. The Morgan fingerprint density at radius 3 is 2.48 bits per heavy atom. The van der Waals surface area contributed by atoms with E-state index in [4.69, 9.17) is 5.11 Å². The normalized spacial score (nSPS) is 13.2. The van der Waals surface area contributed by atoms with Crippen LogP contribution in [-0.4, -0.2) is 23.7 Å². The topological polar surface area (TPSA) is 78.4 Å². The number of carbonyl (C=O) groups is 2. The summed E-state index contributed by atoms with van der Waals surface area (Å²) in [7, 11) is 0. The lowest BCUT2D eigenvalue weighted by molar-refractivity contribution is -0.137. The summed E-state index contributed by atoms with van der Waals surface area (Å²) in [5.74, 6) is -0.662. The number of hydrogen-bond donors (Lipinski definition) is 3. The molecule has 0 bridgehead atoms. The molecule has 0 aromatic heterocycles. The predicted molar refractivity (Wildman–Crippen MR) is 82.0 cm³/mol. The smallest absolute Gasteiger partial charge is 0.315 e. The van der Waals surface area contributed by atoms with Gasteiger partial charge in [-0.05, 0) is 24.3 Å². The maximum atomic E-state index is 11.9. The van der Waals surface area contributed by atoms with Crippen molar-refractivity contribution in [1.29, 1.82) is 0 Å². The van der Waals surface area contributed by atoms with Crippen molar-refractivity contribution in [2.24, 2.45) is 5.92 Å². The minimum absolute atomic E-state index is 0.0134. The Balaban J connectivity index is 2.36. The highest BCUT2D eigenvalue weighted by molar-refractivity contribution is 5.74. The number of nitrogens with one attached hydrogen (secondary N) is 2. The lowest BCUT2D eigenvalue weighted by atomic mass is 10.0. The molecule has 0 aliphatic rings. The largest absolute Gasteiger partial charge is 0.481 e. The zero-order valence-electron chi connectivity index (χ0n) is 12.6. The van der Waals surface area contributed by atoms with Crippen molar-refractivity contribution in [1.82, 2.24) is 10.6 Å². The summed E-state index contributed by atoms with van der Waals surface area (Å²) in [5.41, 5.74) is 1.08. The Hall–Kier alpha value is -2.04. The molecule has 0 saturated carbocycles. The lowest BCUT2D eigenvalue weighted by Crippen LogP contribution is -2.39. The molecule has 0 heterocycles. The maximum Gasteiger partial charge on any atom is 0.315 e. The van der Waals surface area contributed by atoms with E-state index in [1.165, 1.54) is 0 Å². The van der Waals surface area contributed by atoms with Gasteiger partial charge in [-0.25, -0.2) is 4.79 Å². The van der Waals surface area contributed by atoms with Gasteiger partial charge in [0, 0.05) is 13.0 Å². The highest BCUT2D eigenvalue weighted by Crippen LogP contribution is 2.15. The number of hydrogen-bond acceptors (Lipinski definition) is 2. The van der Waals surface area contributed by atoms with E-state index in [0.717, 1.165) is 12.0 Å². The number of aliphatic carboxylic acids is 1. The fourth-order valence-electron chi connectivity index (χ4n) is 2.05. The Morgan fingerprint density at radius 2 is 1.90 bits per heavy atom. The second-order valence-electron chi connectivity index (χ2n) is 5.26. The summed E-state index contributed by atoms with van der Waals surface area (Å²) in [4.78, 5) is 22.4. The standard InChI is InChI=1S/C16H24N2O3/c1-3-14(13-7-5-4-6-8-13)18-16(21)17-11-12(2)9-10-15(19)20/h4-8,12,14H,3,9-11H2,1-2H3,(H,19,20)(H2,17,18,21). The molecule has 1 aromatic rings. The van der Waals surface area contributed by atoms with E-state index in [9.17, 15) is 9.59 Å². The third-order valence-electron chi connectivity index (χ3n) is 3.38. The molecule has 2 amide bonds. The van der Waals surface area contributed by atoms with Crippen molar-refractivity contribution in [3.8, 4) is 0 Å². The first-order valence-corrected chi connectivity index (χ1v) is 7.34. The second-order valence-corrected chi connectivity index (χ2v) is 5.26. The van der Waals surface area contributed by atoms with Crippen LogP contribution in [0.15, 0.2) is 30.3 Å². The van der Waals surface area contributed by atoms with Crippen LogP contribution in [0.3, 0.4) is 0 Å². The molecule has 2 unspecified atom stereocenters. The van der Waals surface area contributed by atoms with Gasteiger partial charge in [0.2, 0.25) is 0 Å². The Kier molecular flexibility index (Phi) is 7.29. The molecular weight excluding hydrogens is 268 g/mol. The molecule has 21 heavy (non-hydrogen) atoms. The van der Waals surface area contributed by atoms with Crippen molar-refractivity contribution < 1.29 is 14.7 Å². The van der Waals surface area contributed by atoms with Crippen LogP contribution in [0, 0.1) is 5.92 Å². The molecule has 0 aliphatic carbocycles. The molecule has 0 spiro atoms. The number of rotatable bonds is 8. The van der Waals surface area contributed by atoms with Crippen LogP contribution >= 0.6 is 0 Å². The fourth-order valence-corrected chi connectivity index (χ4v) is 2.05. The second kappa shape index (κ2) is 9.00. The van der Waals surface area contributed by atoms with Gasteiger partial charge in [-0.3, -0.25) is 4.79 Å². The van der Waals surface area contributed by atoms with E-state index < -0.39 is 5.97 Å². The van der Waals surface area contributed by atoms with Gasteiger partial charge in [-0.2, -0.15) is 0 Å². The molecule has 3 N–H and O–H groups in total. The molecule has 0 radical (unpaired) electrons. The molecular formula is C16H24N2O3. The molecule has 0 fully saturated rings. The number of carbonyl (C=O) groups excluding carboxylic acids is 1. The van der Waals surface area contributed by atoms with Gasteiger partial charge in [-0.1, -0.05) is 44.2 Å². The van der Waals surface area contributed by atoms with Gasteiger partial charge < -0.3 is 15.7 Å². The first-order valence-electron chi connectivity index (χ1n) is 7.34. The summed E-state index contributed by atoms with van der Waals surface area (Å²) in [6, 6.07) is 9.60. The van der Waals surface area contributed by atoms with Crippen molar-refractivity contribution in [3.05, 3.63) is 35.9 Å². The quantitative estimate of drug-likeness (QED) is 0.689. The van der Waals surface area contributed by atoms with Crippen LogP contribution in [-0.2, 0) is 4.79 Å². The minimum Gasteiger partial charge on any atom is -0.481 e. The summed E-state index contributed by atoms with van der Waals surface area (Å²) in [6.45, 7) is 4.43. The number of carboxylic acid groups (broad SMARTS) is 1.